The number of benzene rings is 1. The lowest BCUT2D eigenvalue weighted by Gasteiger charge is -2.36. The van der Waals surface area contributed by atoms with Crippen LogP contribution in [0.15, 0.2) is 30.6 Å². The zero-order valence-electron chi connectivity index (χ0n) is 20.9. The van der Waals surface area contributed by atoms with E-state index in [-0.39, 0.29) is 11.9 Å². The third kappa shape index (κ3) is 3.93. The molecule has 0 bridgehead atoms. The van der Waals surface area contributed by atoms with Gasteiger partial charge >= 0.3 is 0 Å². The molecule has 1 saturated heterocycles. The van der Waals surface area contributed by atoms with Gasteiger partial charge < -0.3 is 14.5 Å². The van der Waals surface area contributed by atoms with Crippen molar-refractivity contribution < 1.29 is 9.53 Å². The maximum Gasteiger partial charge on any atom is 0.219 e. The first-order valence-corrected chi connectivity index (χ1v) is 12.8. The van der Waals surface area contributed by atoms with Crippen LogP contribution < -0.4 is 4.90 Å². The molecule has 3 aliphatic rings. The van der Waals surface area contributed by atoms with Crippen LogP contribution in [0.5, 0.6) is 0 Å². The number of carbonyl (C=O) groups excluding carboxylic acids is 1. The number of aromatic nitrogens is 4. The van der Waals surface area contributed by atoms with E-state index in [9.17, 15) is 4.79 Å². The number of nitrogens with zero attached hydrogens (tertiary/aromatic N) is 6. The van der Waals surface area contributed by atoms with Crippen molar-refractivity contribution in [2.45, 2.75) is 52.1 Å². The van der Waals surface area contributed by atoms with Crippen LogP contribution in [-0.2, 0) is 36.0 Å². The molecule has 5 heterocycles. The molecule has 0 N–H and O–H groups in total. The van der Waals surface area contributed by atoms with E-state index < -0.39 is 0 Å². The molecule has 0 aliphatic carbocycles. The van der Waals surface area contributed by atoms with Gasteiger partial charge in [-0.2, -0.15) is 10.2 Å². The molecule has 2 atom stereocenters. The van der Waals surface area contributed by atoms with Gasteiger partial charge in [-0.15, -0.1) is 0 Å². The highest BCUT2D eigenvalue weighted by molar-refractivity contribution is 5.76. The van der Waals surface area contributed by atoms with Crippen LogP contribution in [0.4, 0.5) is 11.5 Å². The number of rotatable bonds is 4. The van der Waals surface area contributed by atoms with Crippen LogP contribution in [0.1, 0.15) is 49.6 Å². The lowest BCUT2D eigenvalue weighted by Crippen LogP contribution is -2.36. The van der Waals surface area contributed by atoms with E-state index in [1.165, 1.54) is 28.1 Å². The van der Waals surface area contributed by atoms with E-state index in [0.717, 1.165) is 56.8 Å². The van der Waals surface area contributed by atoms with Crippen molar-refractivity contribution in [1.29, 1.82) is 0 Å². The summed E-state index contributed by atoms with van der Waals surface area (Å²) in [6.45, 7) is 7.78. The largest absolute Gasteiger partial charge is 0.379 e. The Labute approximate surface area is 206 Å². The van der Waals surface area contributed by atoms with Gasteiger partial charge in [-0.3, -0.25) is 14.2 Å². The van der Waals surface area contributed by atoms with Crippen molar-refractivity contribution in [3.8, 4) is 11.1 Å². The Morgan fingerprint density at radius 1 is 1.26 bits per heavy atom. The standard InChI is InChI=1S/C27H34N6O2/c1-4-19-11-21-12-20(22-13-28-30(3)15-22)5-6-25(21)32(14-19)27-24-16-31(18(2)34)9-7-26(24)33(29-27)23-8-10-35-17-23/h5-6,12-13,15,19,23H,4,7-11,14,16-17H2,1-3H3/t19?,23-/m1/s1. The molecule has 8 nitrogen and oxygen atoms in total. The molecule has 3 aromatic rings. The van der Waals surface area contributed by atoms with Crippen LogP contribution in [-0.4, -0.2) is 56.7 Å². The fraction of sp³-hybridized carbons (Fsp3) is 0.519. The highest BCUT2D eigenvalue weighted by Crippen LogP contribution is 2.42. The monoisotopic (exact) mass is 474 g/mol. The molecule has 0 spiro atoms. The predicted octanol–water partition coefficient (Wildman–Crippen LogP) is 3.87. The predicted molar refractivity (Wildman–Crippen MR) is 135 cm³/mol. The third-order valence-electron chi connectivity index (χ3n) is 7.95. The minimum absolute atomic E-state index is 0.130. The van der Waals surface area contributed by atoms with E-state index in [0.29, 0.717) is 19.1 Å². The SMILES string of the molecule is CCC1Cc2cc(-c3cnn(C)c3)ccc2N(c2nn([C@@H]3CCOC3)c3c2CN(C(C)=O)CC3)C1. The number of ether oxygens (including phenoxy) is 1. The maximum absolute atomic E-state index is 12.3. The second kappa shape index (κ2) is 8.82. The Hall–Kier alpha value is -3.13. The summed E-state index contributed by atoms with van der Waals surface area (Å²) in [5.74, 6) is 1.70. The number of fused-ring (bicyclic) bond motifs is 2. The van der Waals surface area contributed by atoms with Gasteiger partial charge in [0.25, 0.3) is 0 Å². The molecule has 8 heteroatoms. The molecule has 6 rings (SSSR count). The number of amides is 1. The van der Waals surface area contributed by atoms with Crippen molar-refractivity contribution in [2.24, 2.45) is 13.0 Å². The van der Waals surface area contributed by atoms with Gasteiger partial charge in [0.2, 0.25) is 5.91 Å². The van der Waals surface area contributed by atoms with Crippen molar-refractivity contribution in [3.05, 3.63) is 47.4 Å². The van der Waals surface area contributed by atoms with Crippen LogP contribution in [0, 0.1) is 5.92 Å². The van der Waals surface area contributed by atoms with Crippen LogP contribution >= 0.6 is 0 Å². The fourth-order valence-electron chi connectivity index (χ4n) is 5.90. The Morgan fingerprint density at radius 3 is 2.86 bits per heavy atom. The van der Waals surface area contributed by atoms with E-state index in [2.05, 4.69) is 46.0 Å². The first-order chi connectivity index (χ1) is 17.0. The summed E-state index contributed by atoms with van der Waals surface area (Å²) in [4.78, 5) is 16.7. The van der Waals surface area contributed by atoms with Crippen molar-refractivity contribution in [1.82, 2.24) is 24.5 Å². The van der Waals surface area contributed by atoms with E-state index in [4.69, 9.17) is 9.84 Å². The van der Waals surface area contributed by atoms with E-state index >= 15 is 0 Å². The molecule has 3 aliphatic heterocycles. The van der Waals surface area contributed by atoms with E-state index in [1.807, 2.05) is 22.8 Å². The lowest BCUT2D eigenvalue weighted by atomic mass is 9.88. The number of carbonyl (C=O) groups is 1. The number of aryl methyl sites for hydroxylation is 1. The van der Waals surface area contributed by atoms with Gasteiger partial charge in [-0.25, -0.2) is 0 Å². The molecule has 35 heavy (non-hydrogen) atoms. The summed E-state index contributed by atoms with van der Waals surface area (Å²) >= 11 is 0. The van der Waals surface area contributed by atoms with Gasteiger partial charge in [0.1, 0.15) is 0 Å². The van der Waals surface area contributed by atoms with Gasteiger partial charge in [0.05, 0.1) is 25.4 Å². The molecule has 0 saturated carbocycles. The number of anilines is 2. The lowest BCUT2D eigenvalue weighted by molar-refractivity contribution is -0.129. The second-order valence-electron chi connectivity index (χ2n) is 10.2. The highest BCUT2D eigenvalue weighted by atomic mass is 16.5. The Morgan fingerprint density at radius 2 is 2.14 bits per heavy atom. The first-order valence-electron chi connectivity index (χ1n) is 12.8. The molecule has 2 aromatic heterocycles. The Bertz CT molecular complexity index is 1250. The van der Waals surface area contributed by atoms with Crippen LogP contribution in [0.25, 0.3) is 11.1 Å². The number of hydrogen-bond donors (Lipinski definition) is 0. The molecular weight excluding hydrogens is 440 g/mol. The summed E-state index contributed by atoms with van der Waals surface area (Å²) in [7, 11) is 1.95. The zero-order valence-corrected chi connectivity index (χ0v) is 20.9. The average Bonchev–Trinajstić information content (AvgIpc) is 3.62. The Balaban J connectivity index is 1.45. The molecule has 1 aromatic carbocycles. The van der Waals surface area contributed by atoms with Gasteiger partial charge in [-0.1, -0.05) is 19.4 Å². The minimum atomic E-state index is 0.130. The minimum Gasteiger partial charge on any atom is -0.379 e. The topological polar surface area (TPSA) is 68.4 Å². The molecule has 1 amide bonds. The quantitative estimate of drug-likeness (QED) is 0.574. The maximum atomic E-state index is 12.3. The summed E-state index contributed by atoms with van der Waals surface area (Å²) < 4.78 is 9.80. The average molecular weight is 475 g/mol. The zero-order chi connectivity index (χ0) is 24.1. The molecule has 1 fully saturated rings. The smallest absolute Gasteiger partial charge is 0.219 e. The summed E-state index contributed by atoms with van der Waals surface area (Å²) in [5, 5.41) is 9.61. The third-order valence-corrected chi connectivity index (χ3v) is 7.95. The van der Waals surface area contributed by atoms with Crippen molar-refractivity contribution in [2.75, 3.05) is 31.2 Å². The second-order valence-corrected chi connectivity index (χ2v) is 10.2. The molecule has 0 radical (unpaired) electrons. The van der Waals surface area contributed by atoms with Crippen molar-refractivity contribution in [3.63, 3.8) is 0 Å². The number of hydrogen-bond acceptors (Lipinski definition) is 5. The van der Waals surface area contributed by atoms with Crippen LogP contribution in [0.3, 0.4) is 0 Å². The van der Waals surface area contributed by atoms with Crippen molar-refractivity contribution >= 4 is 17.4 Å². The Kier molecular flexibility index (Phi) is 5.63. The van der Waals surface area contributed by atoms with Gasteiger partial charge in [0.15, 0.2) is 5.82 Å². The summed E-state index contributed by atoms with van der Waals surface area (Å²) in [6, 6.07) is 7.06. The summed E-state index contributed by atoms with van der Waals surface area (Å²) in [5.41, 5.74) is 7.42. The van der Waals surface area contributed by atoms with Gasteiger partial charge in [0, 0.05) is 68.8 Å². The fourth-order valence-corrected chi connectivity index (χ4v) is 5.90. The summed E-state index contributed by atoms with van der Waals surface area (Å²) in [6.07, 6.45) is 8.01. The van der Waals surface area contributed by atoms with Gasteiger partial charge in [-0.05, 0) is 42.0 Å². The molecular formula is C27H34N6O2. The normalized spacial score (nSPS) is 21.8. The molecule has 184 valence electrons. The van der Waals surface area contributed by atoms with E-state index in [1.54, 1.807) is 6.92 Å². The first kappa shape index (κ1) is 22.3. The highest BCUT2D eigenvalue weighted by Gasteiger charge is 2.35. The molecule has 1 unspecified atom stereocenters. The van der Waals surface area contributed by atoms with Crippen LogP contribution in [0.2, 0.25) is 0 Å².